The molecule has 0 unspecified atom stereocenters. The van der Waals surface area contributed by atoms with Crippen molar-refractivity contribution in [3.63, 3.8) is 0 Å². The highest BCUT2D eigenvalue weighted by Gasteiger charge is 2.53. The lowest BCUT2D eigenvalue weighted by molar-refractivity contribution is -0.265. The number of carbonyl (C=O) groups is 6. The maximum absolute atomic E-state index is 14.8. The summed E-state index contributed by atoms with van der Waals surface area (Å²) >= 11 is 0. The topological polar surface area (TPSA) is 386 Å². The average molecular weight is 1710 g/mol. The van der Waals surface area contributed by atoms with Crippen LogP contribution in [0.5, 0.6) is 0 Å². The zero-order chi connectivity index (χ0) is 87.1. The minimum Gasteiger partial charge on any atom is -0.460 e. The zero-order valence-corrected chi connectivity index (χ0v) is 73.2. The Morgan fingerprint density at radius 3 is 2.16 bits per heavy atom. The third kappa shape index (κ3) is 28.0. The number of aromatic nitrogens is 8. The summed E-state index contributed by atoms with van der Waals surface area (Å²) in [6.07, 6.45) is 21.5. The largest absolute Gasteiger partial charge is 0.460 e. The van der Waals surface area contributed by atoms with E-state index < -0.39 is 77.8 Å². The quantitative estimate of drug-likeness (QED) is 0.0145. The number of anilines is 1. The maximum Gasteiger partial charge on any atom is 0.329 e. The van der Waals surface area contributed by atoms with Crippen LogP contribution in [0.25, 0.3) is 33.4 Å². The average Bonchev–Trinajstić information content (AvgIpc) is 1.04. The fourth-order valence-electron chi connectivity index (χ4n) is 17.1. The lowest BCUT2D eigenvalue weighted by Gasteiger charge is -2.42. The number of methoxy groups -OCH3 is 3. The predicted octanol–water partition coefficient (Wildman–Crippen LogP) is 9.78. The number of benzene rings is 1. The Balaban J connectivity index is 0.574. The van der Waals surface area contributed by atoms with Gasteiger partial charge in [0.1, 0.15) is 47.7 Å². The number of unbranched alkanes of at least 4 members (excludes halogenated alkanes) is 1. The molecule has 674 valence electrons. The number of ether oxygens (including phenoxy) is 12. The molecule has 5 aromatic rings. The lowest BCUT2D eigenvalue weighted by atomic mass is 9.78. The molecule has 15 atom stereocenters. The van der Waals surface area contributed by atoms with E-state index in [4.69, 9.17) is 72.1 Å². The van der Waals surface area contributed by atoms with Crippen LogP contribution in [-0.4, -0.2) is 276 Å². The summed E-state index contributed by atoms with van der Waals surface area (Å²) in [6.45, 7) is 20.9. The minimum atomic E-state index is -2.46. The minimum absolute atomic E-state index is 0.00392. The van der Waals surface area contributed by atoms with Crippen molar-refractivity contribution in [2.24, 2.45) is 41.4 Å². The first-order chi connectivity index (χ1) is 58.9. The Bertz CT molecular complexity index is 4250. The van der Waals surface area contributed by atoms with E-state index in [1.165, 1.54) is 18.3 Å². The number of esters is 1. The first-order valence-electron chi connectivity index (χ1n) is 44.0. The van der Waals surface area contributed by atoms with Crippen molar-refractivity contribution in [2.45, 2.75) is 232 Å². The number of oxazole rings is 1. The number of aryl methyl sites for hydroxylation is 1. The molecule has 4 aliphatic heterocycles. The molecule has 2 amide bonds. The van der Waals surface area contributed by atoms with Gasteiger partial charge in [-0.15, -0.1) is 5.10 Å². The van der Waals surface area contributed by atoms with Gasteiger partial charge in [0.15, 0.2) is 17.0 Å². The van der Waals surface area contributed by atoms with E-state index in [0.717, 1.165) is 78.5 Å². The molecule has 2 bridgehead atoms. The normalized spacial score (nSPS) is 28.1. The highest BCUT2D eigenvalue weighted by molar-refractivity contribution is 6.39. The summed E-state index contributed by atoms with van der Waals surface area (Å²) in [6, 6.07) is 4.61. The molecule has 4 N–H and O–H groups in total. The number of hydrogen-bond acceptors (Lipinski definition) is 28. The Hall–Kier alpha value is -7.96. The number of allylic oxidation sites excluding steroid dienone is 6. The van der Waals surface area contributed by atoms with Crippen molar-refractivity contribution < 1.29 is 100 Å². The Morgan fingerprint density at radius 2 is 1.46 bits per heavy atom. The number of fused-ring (bicyclic) bond motifs is 5. The lowest BCUT2D eigenvalue weighted by Crippen LogP contribution is -2.61. The highest BCUT2D eigenvalue weighted by Crippen LogP contribution is 2.40. The zero-order valence-electron chi connectivity index (χ0n) is 73.2. The monoisotopic (exact) mass is 1700 g/mol. The van der Waals surface area contributed by atoms with Gasteiger partial charge in [-0.3, -0.25) is 24.0 Å². The number of likely N-dealkylation sites (tertiary alicyclic amines) is 1. The molecule has 32 nitrogen and oxygen atoms in total. The van der Waals surface area contributed by atoms with Gasteiger partial charge in [0.25, 0.3) is 17.7 Å². The van der Waals surface area contributed by atoms with Gasteiger partial charge in [-0.1, -0.05) is 76.3 Å². The number of nitrogens with zero attached hydrogens (tertiary/aromatic N) is 10. The number of aliphatic hydroxyl groups is 2. The molecule has 1 aromatic carbocycles. The van der Waals surface area contributed by atoms with E-state index in [9.17, 15) is 39.0 Å². The highest BCUT2D eigenvalue weighted by atomic mass is 16.6. The Morgan fingerprint density at radius 1 is 0.746 bits per heavy atom. The van der Waals surface area contributed by atoms with Crippen LogP contribution in [0.4, 0.5) is 6.01 Å². The molecular weight excluding hydrogens is 1570 g/mol. The van der Waals surface area contributed by atoms with Gasteiger partial charge < -0.3 is 87.0 Å². The molecule has 8 heterocycles. The summed E-state index contributed by atoms with van der Waals surface area (Å²) in [5, 5.41) is 38.3. The number of carbonyl (C=O) groups excluding carboxylic acids is 6. The molecule has 3 saturated heterocycles. The van der Waals surface area contributed by atoms with Gasteiger partial charge in [0.05, 0.1) is 128 Å². The molecular formula is C90H133N11O21. The summed E-state index contributed by atoms with van der Waals surface area (Å²) in [7, 11) is 4.65. The van der Waals surface area contributed by atoms with Crippen LogP contribution in [0.3, 0.4) is 0 Å². The number of nitrogens with two attached hydrogens (primary N) is 1. The summed E-state index contributed by atoms with van der Waals surface area (Å²) in [5.41, 5.74) is 11.6. The van der Waals surface area contributed by atoms with Crippen molar-refractivity contribution in [3.8, 4) is 11.3 Å². The number of piperidine rings is 2. The number of amides is 2. The molecule has 1 aliphatic carbocycles. The van der Waals surface area contributed by atoms with Gasteiger partial charge in [-0.25, -0.2) is 24.1 Å². The standard InChI is InChI=1S/C90H133N11O21/c1-59-18-12-11-13-19-60(2)77(110-8)53-70-25-22-65(7)90(109,122-70)85(106)87(107)100-31-16-14-21-73(100)88(108)120-78(54-74(102)61(3)49-64(6)83(105)84(112-10)82(104)63(5)48-59)62(4)50-67-23-26-76(79(51-67)111-9)119-35-17-15-20-69-57-99(97-95-69)34-37-114-39-41-116-43-45-118-47-46-117-44-42-115-40-38-113-36-30-80(103)98-32-28-66(29-33-98)56-101-86-71(55-92-58-93-86)81(96-101)68-24-27-75-72(52-68)94-89(91)121-75/h11-13,18-19,24,27,49,52,55,57-59,61-63,65-67,70,73,76-79,83-84,105,109H,14-17,20-23,25-26,28-48,50-51,53-54,56H2,1-10H3,(H2,91,94)/b13-11+,18-12+,60-19+,64-49+/t59-,61-,62-,63-,65-,67+,70+,73+,76-,77+,78+,79-,83-,84+,90-/m1/s1. The van der Waals surface area contributed by atoms with E-state index in [1.807, 2.05) is 92.1 Å². The van der Waals surface area contributed by atoms with E-state index >= 15 is 0 Å². The second-order valence-corrected chi connectivity index (χ2v) is 33.6. The number of ketones is 3. The van der Waals surface area contributed by atoms with Crippen LogP contribution in [0, 0.1) is 41.4 Å². The number of hydrogen-bond donors (Lipinski definition) is 3. The number of cyclic esters (lactones) is 1. The predicted molar refractivity (Wildman–Crippen MR) is 453 cm³/mol. The van der Waals surface area contributed by atoms with Crippen LogP contribution < -0.4 is 5.73 Å². The van der Waals surface area contributed by atoms with Gasteiger partial charge in [0, 0.05) is 103 Å². The number of aliphatic hydroxyl groups excluding tert-OH is 1. The number of rotatable bonds is 36. The molecule has 5 aliphatic rings. The van der Waals surface area contributed by atoms with E-state index in [1.54, 1.807) is 51.9 Å². The molecule has 0 spiro atoms. The number of nitrogen functional groups attached to an aromatic ring is 1. The van der Waals surface area contributed by atoms with E-state index in [-0.39, 0.29) is 72.8 Å². The van der Waals surface area contributed by atoms with Crippen molar-refractivity contribution >= 4 is 63.3 Å². The van der Waals surface area contributed by atoms with E-state index in [0.29, 0.717) is 192 Å². The summed E-state index contributed by atoms with van der Waals surface area (Å²) in [5.74, 6) is -7.75. The van der Waals surface area contributed by atoms with Crippen molar-refractivity contribution in [1.82, 2.24) is 49.5 Å². The van der Waals surface area contributed by atoms with Gasteiger partial charge in [-0.2, -0.15) is 10.1 Å². The SMILES string of the molecule is CO[C@H]1C[C@@H]2CC[C@@H](C)[C@@](O)(O2)C(=O)C(=O)N2CCCC[C@H]2C(=O)O[C@H]([C@H](C)C[C@@H]2CC[C@@H](OCCCCc3cn(CCOCCOCCOCCOCCOCCOCCC(=O)N4CCC(Cn5nc(-c6ccc7oc(N)nc7c6)c6cncnc65)CC4)nn3)[C@H](OC)C2)CC(=O)[C@H](C)/C=C(\C)[C@@H](O)[C@@H](OC)C(=O)[C@H](C)C[C@H](C)/C=C/C=C/C=C/1C. The molecule has 1 saturated carbocycles. The maximum atomic E-state index is 14.8. The van der Waals surface area contributed by atoms with Crippen LogP contribution in [0.2, 0.25) is 0 Å². The van der Waals surface area contributed by atoms with E-state index in [2.05, 4.69) is 25.3 Å². The second-order valence-electron chi connectivity index (χ2n) is 33.6. The third-order valence-electron chi connectivity index (χ3n) is 24.5. The summed E-state index contributed by atoms with van der Waals surface area (Å²) in [4.78, 5) is 102. The van der Waals surface area contributed by atoms with Crippen LogP contribution in [0.1, 0.15) is 163 Å². The molecule has 4 fully saturated rings. The molecule has 32 heteroatoms. The second kappa shape index (κ2) is 49.1. The fraction of sp³-hybridized carbons (Fsp3) is 0.689. The fourth-order valence-corrected chi connectivity index (χ4v) is 17.1. The molecule has 0 radical (unpaired) electrons. The van der Waals surface area contributed by atoms with Crippen LogP contribution in [-0.2, 0) is 105 Å². The molecule has 10 rings (SSSR count). The summed E-state index contributed by atoms with van der Waals surface area (Å²) < 4.78 is 80.1. The van der Waals surface area contributed by atoms with Crippen molar-refractivity contribution in [2.75, 3.05) is 133 Å². The molecule has 4 aromatic heterocycles. The van der Waals surface area contributed by atoms with Crippen LogP contribution in [0.15, 0.2) is 88.9 Å². The van der Waals surface area contributed by atoms with Crippen LogP contribution >= 0.6 is 0 Å². The first-order valence-corrected chi connectivity index (χ1v) is 44.0. The van der Waals surface area contributed by atoms with Gasteiger partial charge in [0.2, 0.25) is 11.7 Å². The number of Topliss-reactive ketones (excluding diaryl/α,β-unsaturated/α-hetero) is 3. The third-order valence-corrected chi connectivity index (χ3v) is 24.5. The van der Waals surface area contributed by atoms with Gasteiger partial charge >= 0.3 is 5.97 Å². The molecule has 122 heavy (non-hydrogen) atoms. The Kier molecular flexibility index (Phi) is 38.7. The van der Waals surface area contributed by atoms with Crippen molar-refractivity contribution in [3.05, 3.63) is 90.2 Å². The Labute approximate surface area is 716 Å². The first kappa shape index (κ1) is 96.3. The van der Waals surface area contributed by atoms with Crippen molar-refractivity contribution in [1.29, 1.82) is 0 Å². The smallest absolute Gasteiger partial charge is 0.329 e. The van der Waals surface area contributed by atoms with Gasteiger partial charge in [-0.05, 0) is 163 Å².